The average molecular weight is 326 g/mol. The van der Waals surface area contributed by atoms with Crippen LogP contribution in [-0.2, 0) is 11.2 Å². The molecule has 3 heteroatoms. The van der Waals surface area contributed by atoms with Crippen LogP contribution in [0.3, 0.4) is 0 Å². The summed E-state index contributed by atoms with van der Waals surface area (Å²) in [5.74, 6) is 2.27. The van der Waals surface area contributed by atoms with Gasteiger partial charge in [-0.1, -0.05) is 54.2 Å². The third kappa shape index (κ3) is 3.78. The number of thioether (sulfide) groups is 1. The third-order valence-corrected chi connectivity index (χ3v) is 5.67. The molecule has 2 nitrogen and oxygen atoms in total. The van der Waals surface area contributed by atoms with Crippen molar-refractivity contribution in [1.29, 1.82) is 0 Å². The zero-order chi connectivity index (χ0) is 16.2. The van der Waals surface area contributed by atoms with Gasteiger partial charge in [-0.2, -0.15) is 0 Å². The van der Waals surface area contributed by atoms with E-state index in [2.05, 4.69) is 37.3 Å². The summed E-state index contributed by atoms with van der Waals surface area (Å²) in [5, 5.41) is 0.330. The molecule has 2 aromatic rings. The molecule has 120 valence electrons. The van der Waals surface area contributed by atoms with Crippen molar-refractivity contribution in [3.63, 3.8) is 0 Å². The predicted molar refractivity (Wildman–Crippen MR) is 96.2 cm³/mol. The highest BCUT2D eigenvalue weighted by molar-refractivity contribution is 8.13. The van der Waals surface area contributed by atoms with Gasteiger partial charge in [0.1, 0.15) is 5.75 Å². The number of benzene rings is 2. The first-order valence-electron chi connectivity index (χ1n) is 8.02. The maximum absolute atomic E-state index is 12.3. The molecule has 2 aromatic carbocycles. The van der Waals surface area contributed by atoms with Crippen LogP contribution in [0.5, 0.6) is 5.75 Å². The van der Waals surface area contributed by atoms with Crippen molar-refractivity contribution in [2.24, 2.45) is 5.92 Å². The Bertz CT molecular complexity index is 681. The Kier molecular flexibility index (Phi) is 5.06. The van der Waals surface area contributed by atoms with Crippen molar-refractivity contribution < 1.29 is 9.53 Å². The number of ether oxygens (including phenoxy) is 1. The molecule has 3 rings (SSSR count). The van der Waals surface area contributed by atoms with E-state index in [1.54, 1.807) is 7.11 Å². The van der Waals surface area contributed by atoms with Gasteiger partial charge in [-0.3, -0.25) is 4.79 Å². The second kappa shape index (κ2) is 7.22. The highest BCUT2D eigenvalue weighted by Crippen LogP contribution is 2.40. The highest BCUT2D eigenvalue weighted by atomic mass is 32.2. The van der Waals surface area contributed by atoms with E-state index in [-0.39, 0.29) is 5.92 Å². The van der Waals surface area contributed by atoms with Gasteiger partial charge in [0.2, 0.25) is 0 Å². The fraction of sp³-hybridized carbons (Fsp3) is 0.350. The number of carbonyl (C=O) groups excluding carboxylic acids is 1. The van der Waals surface area contributed by atoms with Crippen molar-refractivity contribution in [2.45, 2.75) is 25.7 Å². The van der Waals surface area contributed by atoms with Crippen molar-refractivity contribution in [3.05, 3.63) is 65.2 Å². The maximum atomic E-state index is 12.3. The normalized spacial score (nSPS) is 21.2. The summed E-state index contributed by atoms with van der Waals surface area (Å²) >= 11 is 1.48. The van der Waals surface area contributed by atoms with Crippen LogP contribution < -0.4 is 4.74 Å². The fourth-order valence-corrected chi connectivity index (χ4v) is 4.34. The van der Waals surface area contributed by atoms with E-state index in [1.165, 1.54) is 28.5 Å². The van der Waals surface area contributed by atoms with E-state index < -0.39 is 0 Å². The van der Waals surface area contributed by atoms with Crippen molar-refractivity contribution >= 4 is 16.9 Å². The van der Waals surface area contributed by atoms with E-state index in [0.29, 0.717) is 11.0 Å². The molecule has 23 heavy (non-hydrogen) atoms. The molecule has 0 unspecified atom stereocenters. The average Bonchev–Trinajstić information content (AvgIpc) is 2.58. The number of carbonyl (C=O) groups is 1. The standard InChI is InChI=1S/C20H22O2S/c1-14-8-9-18(19(10-14)22-2)17-12-16(20(21)23-13-17)11-15-6-4-3-5-7-15/h3-10,16-17H,11-13H2,1-2H3/t16-,17+/m1/s1. The number of methoxy groups -OCH3 is 1. The smallest absolute Gasteiger partial charge is 0.192 e. The topological polar surface area (TPSA) is 26.3 Å². The summed E-state index contributed by atoms with van der Waals surface area (Å²) in [5.41, 5.74) is 3.67. The van der Waals surface area contributed by atoms with Crippen LogP contribution >= 0.6 is 11.8 Å². The second-order valence-corrected chi connectivity index (χ2v) is 7.22. The van der Waals surface area contributed by atoms with Gasteiger partial charge >= 0.3 is 0 Å². The van der Waals surface area contributed by atoms with Crippen LogP contribution in [0.2, 0.25) is 0 Å². The van der Waals surface area contributed by atoms with E-state index in [9.17, 15) is 4.79 Å². The zero-order valence-electron chi connectivity index (χ0n) is 13.6. The molecule has 1 aliphatic rings. The Balaban J connectivity index is 1.79. The molecule has 0 spiro atoms. The fourth-order valence-electron chi connectivity index (χ4n) is 3.25. The summed E-state index contributed by atoms with van der Waals surface area (Å²) in [6.07, 6.45) is 1.73. The first-order valence-corrected chi connectivity index (χ1v) is 9.01. The molecule has 0 bridgehead atoms. The van der Waals surface area contributed by atoms with Gasteiger partial charge in [0.05, 0.1) is 7.11 Å². The lowest BCUT2D eigenvalue weighted by Gasteiger charge is -2.29. The van der Waals surface area contributed by atoms with E-state index in [0.717, 1.165) is 24.3 Å². The van der Waals surface area contributed by atoms with Gasteiger partial charge < -0.3 is 4.74 Å². The SMILES string of the molecule is COc1cc(C)ccc1[C@@H]1CSC(=O)[C@H](Cc2ccccc2)C1. The van der Waals surface area contributed by atoms with Crippen molar-refractivity contribution in [2.75, 3.05) is 12.9 Å². The quantitative estimate of drug-likeness (QED) is 0.821. The Morgan fingerprint density at radius 2 is 1.96 bits per heavy atom. The minimum absolute atomic E-state index is 0.0900. The molecular weight excluding hydrogens is 304 g/mol. The monoisotopic (exact) mass is 326 g/mol. The first-order chi connectivity index (χ1) is 11.2. The molecule has 0 aromatic heterocycles. The van der Waals surface area contributed by atoms with Gasteiger partial charge in [-0.05, 0) is 48.4 Å². The van der Waals surface area contributed by atoms with Crippen LogP contribution in [0.25, 0.3) is 0 Å². The van der Waals surface area contributed by atoms with Gasteiger partial charge in [0.25, 0.3) is 0 Å². The minimum atomic E-state index is 0.0900. The number of hydrogen-bond donors (Lipinski definition) is 0. The second-order valence-electron chi connectivity index (χ2n) is 6.19. The lowest BCUT2D eigenvalue weighted by molar-refractivity contribution is -0.115. The van der Waals surface area contributed by atoms with Crippen LogP contribution in [0, 0.1) is 12.8 Å². The molecule has 0 radical (unpaired) electrons. The van der Waals surface area contributed by atoms with Crippen LogP contribution in [0.4, 0.5) is 0 Å². The number of aryl methyl sites for hydroxylation is 1. The molecule has 0 aliphatic carbocycles. The third-order valence-electron chi connectivity index (χ3n) is 4.48. The van der Waals surface area contributed by atoms with E-state index in [1.807, 2.05) is 18.2 Å². The summed E-state index contributed by atoms with van der Waals surface area (Å²) in [6.45, 7) is 2.07. The molecule has 1 fully saturated rings. The molecule has 1 saturated heterocycles. The van der Waals surface area contributed by atoms with Gasteiger partial charge in [0, 0.05) is 11.7 Å². The summed E-state index contributed by atoms with van der Waals surface area (Å²) < 4.78 is 5.57. The Hall–Kier alpha value is -1.74. The minimum Gasteiger partial charge on any atom is -0.496 e. The highest BCUT2D eigenvalue weighted by Gasteiger charge is 2.31. The maximum Gasteiger partial charge on any atom is 0.192 e. The van der Waals surface area contributed by atoms with E-state index in [4.69, 9.17) is 4.74 Å². The molecule has 0 N–H and O–H groups in total. The number of rotatable bonds is 4. The molecule has 1 aliphatic heterocycles. The Morgan fingerprint density at radius 1 is 1.17 bits per heavy atom. The van der Waals surface area contributed by atoms with Gasteiger partial charge in [0.15, 0.2) is 5.12 Å². The summed E-state index contributed by atoms with van der Waals surface area (Å²) in [6, 6.07) is 16.7. The van der Waals surface area contributed by atoms with Gasteiger partial charge in [-0.15, -0.1) is 0 Å². The van der Waals surface area contributed by atoms with Crippen LogP contribution in [-0.4, -0.2) is 18.0 Å². The molecule has 2 atom stereocenters. The van der Waals surface area contributed by atoms with E-state index >= 15 is 0 Å². The van der Waals surface area contributed by atoms with Crippen molar-refractivity contribution in [1.82, 2.24) is 0 Å². The molecule has 0 saturated carbocycles. The molecule has 1 heterocycles. The molecule has 0 amide bonds. The molecular formula is C20H22O2S. The van der Waals surface area contributed by atoms with Crippen molar-refractivity contribution in [3.8, 4) is 5.75 Å². The summed E-state index contributed by atoms with van der Waals surface area (Å²) in [4.78, 5) is 12.3. The van der Waals surface area contributed by atoms with Gasteiger partial charge in [-0.25, -0.2) is 0 Å². The first kappa shape index (κ1) is 16.1. The zero-order valence-corrected chi connectivity index (χ0v) is 14.4. The lowest BCUT2D eigenvalue weighted by atomic mass is 9.86. The summed E-state index contributed by atoms with van der Waals surface area (Å²) in [7, 11) is 1.72. The van der Waals surface area contributed by atoms with Crippen LogP contribution in [0.1, 0.15) is 29.0 Å². The Morgan fingerprint density at radius 3 is 2.70 bits per heavy atom. The Labute approximate surface area is 142 Å². The largest absolute Gasteiger partial charge is 0.496 e. The lowest BCUT2D eigenvalue weighted by Crippen LogP contribution is -2.25. The number of hydrogen-bond acceptors (Lipinski definition) is 3. The van der Waals surface area contributed by atoms with Crippen LogP contribution in [0.15, 0.2) is 48.5 Å². The predicted octanol–water partition coefficient (Wildman–Crippen LogP) is 4.61.